The zero-order chi connectivity index (χ0) is 22.0. The number of amides is 1. The van der Waals surface area contributed by atoms with Crippen LogP contribution in [0.2, 0.25) is 0 Å². The Labute approximate surface area is 179 Å². The topological polar surface area (TPSA) is 122 Å². The number of carbonyl (C=O) groups excluding carboxylic acids is 2. The van der Waals surface area contributed by atoms with Gasteiger partial charge in [0.15, 0.2) is 16.3 Å². The third-order valence-corrected chi connectivity index (χ3v) is 5.66. The lowest BCUT2D eigenvalue weighted by Gasteiger charge is -2.18. The minimum atomic E-state index is -0.626. The number of hydrogen-bond acceptors (Lipinski definition) is 8. The number of aromatic nitrogens is 1. The average Bonchev–Trinajstić information content (AvgIpc) is 3.11. The fourth-order valence-corrected chi connectivity index (χ4v) is 4.18. The molecule has 0 fully saturated rings. The van der Waals surface area contributed by atoms with Crippen LogP contribution in [0.5, 0.6) is 11.5 Å². The monoisotopic (exact) mass is 443 g/mol. The van der Waals surface area contributed by atoms with Crippen LogP contribution in [0.15, 0.2) is 41.4 Å². The van der Waals surface area contributed by atoms with Crippen molar-refractivity contribution in [2.24, 2.45) is 4.99 Å². The summed E-state index contributed by atoms with van der Waals surface area (Å²) in [7, 11) is 1.30. The molecule has 11 heteroatoms. The molecule has 0 N–H and O–H groups in total. The number of ether oxygens (including phenoxy) is 3. The Balaban J connectivity index is 1.81. The molecule has 160 valence electrons. The van der Waals surface area contributed by atoms with E-state index in [0.29, 0.717) is 29.5 Å². The SMILES string of the molecule is COC(=O)CCn1c(=NC(=O)c2cccc([N+](=O)[O-])c2)sc2cc3c(cc21)OCCO3. The van der Waals surface area contributed by atoms with Crippen LogP contribution in [0.25, 0.3) is 10.2 Å². The number of aryl methyl sites for hydroxylation is 1. The summed E-state index contributed by atoms with van der Waals surface area (Å²) in [5.74, 6) is 0.135. The van der Waals surface area contributed by atoms with Crippen molar-refractivity contribution in [3.63, 3.8) is 0 Å². The van der Waals surface area contributed by atoms with Crippen LogP contribution < -0.4 is 14.3 Å². The van der Waals surface area contributed by atoms with Gasteiger partial charge in [0.2, 0.25) is 0 Å². The normalized spacial score (nSPS) is 13.3. The Hall–Kier alpha value is -3.73. The summed E-state index contributed by atoms with van der Waals surface area (Å²) in [6, 6.07) is 8.97. The maximum Gasteiger partial charge on any atom is 0.307 e. The standard InChI is InChI=1S/C20H17N3O7S/c1-28-18(24)5-6-22-14-10-15-16(30-8-7-29-15)11-17(14)31-20(22)21-19(25)12-3-2-4-13(9-12)23(26)27/h2-4,9-11H,5-8H2,1H3. The van der Waals surface area contributed by atoms with E-state index in [0.717, 1.165) is 10.2 Å². The first-order valence-corrected chi connectivity index (χ1v) is 10.1. The molecule has 3 aromatic rings. The second-order valence-electron chi connectivity index (χ2n) is 6.55. The van der Waals surface area contributed by atoms with Gasteiger partial charge in [-0.05, 0) is 6.07 Å². The molecule has 4 rings (SSSR count). The molecule has 2 heterocycles. The van der Waals surface area contributed by atoms with Crippen molar-refractivity contribution >= 4 is 39.1 Å². The Kier molecular flexibility index (Phi) is 5.67. The predicted molar refractivity (Wildman–Crippen MR) is 110 cm³/mol. The highest BCUT2D eigenvalue weighted by Gasteiger charge is 2.18. The summed E-state index contributed by atoms with van der Waals surface area (Å²) in [6.07, 6.45) is 0.0783. The van der Waals surface area contributed by atoms with Crippen molar-refractivity contribution in [2.75, 3.05) is 20.3 Å². The van der Waals surface area contributed by atoms with E-state index in [-0.39, 0.29) is 24.2 Å². The van der Waals surface area contributed by atoms with Crippen molar-refractivity contribution in [3.05, 3.63) is 56.9 Å². The van der Waals surface area contributed by atoms with Gasteiger partial charge in [-0.3, -0.25) is 19.7 Å². The van der Waals surface area contributed by atoms with E-state index in [9.17, 15) is 19.7 Å². The second kappa shape index (κ2) is 8.56. The number of non-ortho nitro benzene ring substituents is 1. The number of esters is 1. The van der Waals surface area contributed by atoms with Crippen LogP contribution in [0.4, 0.5) is 5.69 Å². The van der Waals surface area contributed by atoms with Gasteiger partial charge in [-0.25, -0.2) is 0 Å². The number of nitro groups is 1. The number of methoxy groups -OCH3 is 1. The molecular formula is C20H17N3O7S. The third-order valence-electron chi connectivity index (χ3n) is 4.62. The zero-order valence-corrected chi connectivity index (χ0v) is 17.2. The van der Waals surface area contributed by atoms with E-state index >= 15 is 0 Å². The van der Waals surface area contributed by atoms with Gasteiger partial charge in [-0.1, -0.05) is 17.4 Å². The molecule has 1 aromatic heterocycles. The van der Waals surface area contributed by atoms with Crippen LogP contribution in [0, 0.1) is 10.1 Å². The van der Waals surface area contributed by atoms with Crippen LogP contribution in [0.3, 0.4) is 0 Å². The van der Waals surface area contributed by atoms with E-state index in [1.54, 1.807) is 16.7 Å². The number of nitro benzene ring substituents is 1. The largest absolute Gasteiger partial charge is 0.486 e. The van der Waals surface area contributed by atoms with E-state index in [1.165, 1.54) is 42.7 Å². The molecule has 1 aliphatic rings. The molecule has 0 spiro atoms. The first-order chi connectivity index (χ1) is 15.0. The minimum Gasteiger partial charge on any atom is -0.486 e. The van der Waals surface area contributed by atoms with Gasteiger partial charge in [0, 0.05) is 36.4 Å². The van der Waals surface area contributed by atoms with Crippen molar-refractivity contribution in [1.82, 2.24) is 4.57 Å². The highest BCUT2D eigenvalue weighted by Crippen LogP contribution is 2.35. The summed E-state index contributed by atoms with van der Waals surface area (Å²) >= 11 is 1.24. The lowest BCUT2D eigenvalue weighted by molar-refractivity contribution is -0.384. The van der Waals surface area contributed by atoms with Crippen LogP contribution in [0.1, 0.15) is 16.8 Å². The van der Waals surface area contributed by atoms with Crippen LogP contribution in [-0.2, 0) is 16.1 Å². The highest BCUT2D eigenvalue weighted by molar-refractivity contribution is 7.16. The number of nitrogens with zero attached hydrogens (tertiary/aromatic N) is 3. The molecule has 0 atom stereocenters. The average molecular weight is 443 g/mol. The zero-order valence-electron chi connectivity index (χ0n) is 16.4. The minimum absolute atomic E-state index is 0.0783. The van der Waals surface area contributed by atoms with Crippen molar-refractivity contribution in [1.29, 1.82) is 0 Å². The summed E-state index contributed by atoms with van der Waals surface area (Å²) in [5, 5.41) is 11.0. The van der Waals surface area contributed by atoms with E-state index in [4.69, 9.17) is 14.2 Å². The van der Waals surface area contributed by atoms with Gasteiger partial charge < -0.3 is 18.8 Å². The molecule has 31 heavy (non-hydrogen) atoms. The predicted octanol–water partition coefficient (Wildman–Crippen LogP) is 2.69. The van der Waals surface area contributed by atoms with Crippen LogP contribution >= 0.6 is 11.3 Å². The number of carbonyl (C=O) groups is 2. The molecule has 0 bridgehead atoms. The Bertz CT molecular complexity index is 1260. The maximum atomic E-state index is 12.7. The van der Waals surface area contributed by atoms with Crippen molar-refractivity contribution in [3.8, 4) is 11.5 Å². The lowest BCUT2D eigenvalue weighted by atomic mass is 10.2. The Morgan fingerprint density at radius 3 is 2.68 bits per heavy atom. The molecule has 2 aromatic carbocycles. The fraction of sp³-hybridized carbons (Fsp3) is 0.250. The lowest BCUT2D eigenvalue weighted by Crippen LogP contribution is -2.19. The Morgan fingerprint density at radius 2 is 1.97 bits per heavy atom. The number of rotatable bonds is 5. The molecule has 1 amide bonds. The highest BCUT2D eigenvalue weighted by atomic mass is 32.1. The summed E-state index contributed by atoms with van der Waals surface area (Å²) in [5.41, 5.74) is 0.624. The molecule has 10 nitrogen and oxygen atoms in total. The molecule has 0 saturated carbocycles. The molecule has 0 saturated heterocycles. The molecular weight excluding hydrogens is 426 g/mol. The summed E-state index contributed by atoms with van der Waals surface area (Å²) in [6.45, 7) is 1.09. The van der Waals surface area contributed by atoms with Gasteiger partial charge in [-0.2, -0.15) is 4.99 Å². The summed E-state index contributed by atoms with van der Waals surface area (Å²) in [4.78, 5) is 39.4. The van der Waals surface area contributed by atoms with E-state index < -0.39 is 16.8 Å². The molecule has 0 radical (unpaired) electrons. The van der Waals surface area contributed by atoms with E-state index in [1.807, 2.05) is 0 Å². The Morgan fingerprint density at radius 1 is 1.23 bits per heavy atom. The molecule has 0 unspecified atom stereocenters. The van der Waals surface area contributed by atoms with E-state index in [2.05, 4.69) is 4.99 Å². The van der Waals surface area contributed by atoms with Gasteiger partial charge in [0.1, 0.15) is 13.2 Å². The van der Waals surface area contributed by atoms with Crippen molar-refractivity contribution < 1.29 is 28.7 Å². The van der Waals surface area contributed by atoms with Gasteiger partial charge >= 0.3 is 5.97 Å². The number of benzene rings is 2. The number of thiazole rings is 1. The molecule has 0 aliphatic carbocycles. The number of hydrogen-bond donors (Lipinski definition) is 0. The maximum absolute atomic E-state index is 12.7. The molecule has 1 aliphatic heterocycles. The van der Waals surface area contributed by atoms with Crippen molar-refractivity contribution in [2.45, 2.75) is 13.0 Å². The van der Waals surface area contributed by atoms with Gasteiger partial charge in [0.05, 0.1) is 28.7 Å². The fourth-order valence-electron chi connectivity index (χ4n) is 3.12. The smallest absolute Gasteiger partial charge is 0.307 e. The third kappa shape index (κ3) is 4.26. The first-order valence-electron chi connectivity index (χ1n) is 9.29. The first kappa shape index (κ1) is 20.5. The van der Waals surface area contributed by atoms with Gasteiger partial charge in [-0.15, -0.1) is 0 Å². The van der Waals surface area contributed by atoms with Crippen LogP contribution in [-0.4, -0.2) is 41.7 Å². The quantitative estimate of drug-likeness (QED) is 0.337. The summed E-state index contributed by atoms with van der Waals surface area (Å²) < 4.78 is 18.5. The second-order valence-corrected chi connectivity index (χ2v) is 7.56. The van der Waals surface area contributed by atoms with Gasteiger partial charge in [0.25, 0.3) is 11.6 Å². The number of fused-ring (bicyclic) bond motifs is 2.